The van der Waals surface area contributed by atoms with Crippen LogP contribution in [0.3, 0.4) is 0 Å². The highest BCUT2D eigenvalue weighted by Gasteiger charge is 2.15. The summed E-state index contributed by atoms with van der Waals surface area (Å²) in [5, 5.41) is 9.76. The zero-order chi connectivity index (χ0) is 13.9. The van der Waals surface area contributed by atoms with Crippen molar-refractivity contribution in [1.82, 2.24) is 4.57 Å². The Hall–Kier alpha value is -2.08. The normalized spacial score (nSPS) is 11.4. The Kier molecular flexibility index (Phi) is 3.71. The fraction of sp³-hybridized carbons (Fsp3) is 0.375. The van der Waals surface area contributed by atoms with E-state index in [0.717, 1.165) is 30.3 Å². The molecule has 2 rings (SSSR count). The molecule has 0 bridgehead atoms. The van der Waals surface area contributed by atoms with E-state index in [1.54, 1.807) is 6.07 Å². The smallest absolute Gasteiger partial charge is 0.189 e. The molecule has 0 saturated carbocycles. The van der Waals surface area contributed by atoms with Crippen LogP contribution >= 0.6 is 0 Å². The van der Waals surface area contributed by atoms with Crippen LogP contribution in [0.25, 0.3) is 10.9 Å². The minimum absolute atomic E-state index is 0.0594. The van der Waals surface area contributed by atoms with Crippen LogP contribution in [-0.2, 0) is 6.54 Å². The van der Waals surface area contributed by atoms with Gasteiger partial charge in [0.1, 0.15) is 0 Å². The molecule has 0 atom stereocenters. The first-order chi connectivity index (χ1) is 9.03. The molecule has 0 N–H and O–H groups in total. The molecule has 0 aliphatic heterocycles. The summed E-state index contributed by atoms with van der Waals surface area (Å²) < 4.78 is 2.09. The van der Waals surface area contributed by atoms with Crippen LogP contribution in [0.5, 0.6) is 0 Å². The molecule has 1 aromatic carbocycles. The first-order valence-electron chi connectivity index (χ1n) is 6.53. The van der Waals surface area contributed by atoms with Gasteiger partial charge in [0.25, 0.3) is 0 Å². The molecule has 2 aromatic rings. The average molecular weight is 254 g/mol. The van der Waals surface area contributed by atoms with Crippen molar-refractivity contribution in [3.05, 3.63) is 46.8 Å². The molecule has 0 unspecified atom stereocenters. The summed E-state index contributed by atoms with van der Waals surface area (Å²) in [5.41, 5.74) is 0.739. The van der Waals surface area contributed by atoms with Gasteiger partial charge in [0.05, 0.1) is 17.0 Å². The van der Waals surface area contributed by atoms with Gasteiger partial charge in [0, 0.05) is 24.2 Å². The molecule has 98 valence electrons. The highest BCUT2D eigenvalue weighted by atomic mass is 16.1. The lowest BCUT2D eigenvalue weighted by atomic mass is 9.90. The molecule has 3 heteroatoms. The Labute approximate surface area is 113 Å². The Morgan fingerprint density at radius 3 is 2.74 bits per heavy atom. The maximum atomic E-state index is 11.8. The van der Waals surface area contributed by atoms with E-state index in [1.165, 1.54) is 0 Å². The Morgan fingerprint density at radius 1 is 1.26 bits per heavy atom. The van der Waals surface area contributed by atoms with Crippen molar-refractivity contribution >= 4 is 10.9 Å². The van der Waals surface area contributed by atoms with E-state index in [4.69, 9.17) is 5.26 Å². The number of hydrogen-bond donors (Lipinski definition) is 0. The first kappa shape index (κ1) is 13.4. The minimum atomic E-state index is -0.283. The number of aryl methyl sites for hydroxylation is 1. The lowest BCUT2D eigenvalue weighted by molar-refractivity contribution is 0.417. The van der Waals surface area contributed by atoms with E-state index >= 15 is 0 Å². The average Bonchev–Trinajstić information content (AvgIpc) is 2.42. The number of aromatic nitrogens is 1. The maximum absolute atomic E-state index is 11.8. The topological polar surface area (TPSA) is 45.8 Å². The summed E-state index contributed by atoms with van der Waals surface area (Å²) in [7, 11) is 0. The number of fused-ring (bicyclic) bond motifs is 1. The molecule has 0 aliphatic carbocycles. The zero-order valence-electron chi connectivity index (χ0n) is 11.4. The molecule has 0 spiro atoms. The molecule has 0 amide bonds. The van der Waals surface area contributed by atoms with Gasteiger partial charge in [-0.15, -0.1) is 0 Å². The highest BCUT2D eigenvalue weighted by molar-refractivity contribution is 5.78. The van der Waals surface area contributed by atoms with Gasteiger partial charge in [0.2, 0.25) is 0 Å². The van der Waals surface area contributed by atoms with Crippen molar-refractivity contribution in [3.63, 3.8) is 0 Å². The van der Waals surface area contributed by atoms with E-state index in [2.05, 4.69) is 10.6 Å². The fourth-order valence-electron chi connectivity index (χ4n) is 2.20. The van der Waals surface area contributed by atoms with Crippen molar-refractivity contribution in [1.29, 1.82) is 5.26 Å². The molecule has 0 saturated heterocycles. The van der Waals surface area contributed by atoms with E-state index in [-0.39, 0.29) is 10.8 Å². The molecule has 3 nitrogen and oxygen atoms in total. The summed E-state index contributed by atoms with van der Waals surface area (Å²) in [6, 6.07) is 11.6. The molecule has 1 aromatic heterocycles. The quantitative estimate of drug-likeness (QED) is 0.840. The second-order valence-electron chi connectivity index (χ2n) is 5.49. The van der Waals surface area contributed by atoms with Crippen LogP contribution in [0.4, 0.5) is 0 Å². The van der Waals surface area contributed by atoms with E-state index in [0.29, 0.717) is 0 Å². The Bertz CT molecular complexity index is 677. The number of para-hydroxylation sites is 1. The van der Waals surface area contributed by atoms with Crippen molar-refractivity contribution in [2.75, 3.05) is 0 Å². The third-order valence-corrected chi connectivity index (χ3v) is 3.39. The van der Waals surface area contributed by atoms with Crippen LogP contribution in [0.1, 0.15) is 26.7 Å². The Morgan fingerprint density at radius 2 is 2.00 bits per heavy atom. The molecule has 0 radical (unpaired) electrons. The van der Waals surface area contributed by atoms with Gasteiger partial charge in [0.15, 0.2) is 5.43 Å². The second kappa shape index (κ2) is 5.27. The largest absolute Gasteiger partial charge is 0.347 e. The summed E-state index contributed by atoms with van der Waals surface area (Å²) in [5.74, 6) is 0. The molecule has 19 heavy (non-hydrogen) atoms. The van der Waals surface area contributed by atoms with Crippen LogP contribution < -0.4 is 5.43 Å². The van der Waals surface area contributed by atoms with Gasteiger partial charge in [-0.05, 0) is 38.8 Å². The second-order valence-corrected chi connectivity index (χ2v) is 5.49. The van der Waals surface area contributed by atoms with Crippen LogP contribution in [0.2, 0.25) is 0 Å². The number of pyridine rings is 1. The lowest BCUT2D eigenvalue weighted by Crippen LogP contribution is -2.12. The predicted molar refractivity (Wildman–Crippen MR) is 76.8 cm³/mol. The molecule has 1 heterocycles. The third kappa shape index (κ3) is 3.03. The number of benzene rings is 1. The number of rotatable bonds is 4. The van der Waals surface area contributed by atoms with Gasteiger partial charge in [-0.3, -0.25) is 4.79 Å². The number of nitriles is 1. The molecular weight excluding hydrogens is 236 g/mol. The first-order valence-corrected chi connectivity index (χ1v) is 6.53. The van der Waals surface area contributed by atoms with E-state index in [9.17, 15) is 4.79 Å². The summed E-state index contributed by atoms with van der Waals surface area (Å²) in [4.78, 5) is 11.8. The van der Waals surface area contributed by atoms with Gasteiger partial charge < -0.3 is 4.57 Å². The van der Waals surface area contributed by atoms with Crippen LogP contribution in [0.15, 0.2) is 41.3 Å². The highest BCUT2D eigenvalue weighted by Crippen LogP contribution is 2.21. The molecule has 0 aliphatic rings. The third-order valence-electron chi connectivity index (χ3n) is 3.39. The van der Waals surface area contributed by atoms with E-state index in [1.807, 2.05) is 44.3 Å². The molecular formula is C16H18N2O. The number of hydrogen-bond acceptors (Lipinski definition) is 2. The van der Waals surface area contributed by atoms with Crippen molar-refractivity contribution in [2.45, 2.75) is 33.2 Å². The zero-order valence-corrected chi connectivity index (χ0v) is 11.4. The van der Waals surface area contributed by atoms with Crippen LogP contribution in [-0.4, -0.2) is 4.57 Å². The SMILES string of the molecule is CC(C)(C#N)CCCn1ccc(=O)c2ccccc21. The van der Waals surface area contributed by atoms with Crippen molar-refractivity contribution in [3.8, 4) is 6.07 Å². The van der Waals surface area contributed by atoms with Gasteiger partial charge in [-0.25, -0.2) is 0 Å². The van der Waals surface area contributed by atoms with Crippen molar-refractivity contribution in [2.24, 2.45) is 5.41 Å². The Balaban J connectivity index is 2.21. The van der Waals surface area contributed by atoms with Gasteiger partial charge in [-0.1, -0.05) is 12.1 Å². The van der Waals surface area contributed by atoms with Gasteiger partial charge in [-0.2, -0.15) is 5.26 Å². The maximum Gasteiger partial charge on any atom is 0.189 e. The summed E-state index contributed by atoms with van der Waals surface area (Å²) in [6.07, 6.45) is 3.61. The standard InChI is InChI=1S/C16H18N2O/c1-16(2,12-17)9-5-10-18-11-8-15(19)13-6-3-4-7-14(13)18/h3-4,6-8,11H,5,9-10H2,1-2H3. The number of nitrogens with zero attached hydrogens (tertiary/aromatic N) is 2. The van der Waals surface area contributed by atoms with Crippen LogP contribution in [0, 0.1) is 16.7 Å². The predicted octanol–water partition coefficient (Wildman–Crippen LogP) is 3.33. The summed E-state index contributed by atoms with van der Waals surface area (Å²) >= 11 is 0. The monoisotopic (exact) mass is 254 g/mol. The fourth-order valence-corrected chi connectivity index (χ4v) is 2.20. The molecule has 0 fully saturated rings. The van der Waals surface area contributed by atoms with E-state index < -0.39 is 0 Å². The lowest BCUT2D eigenvalue weighted by Gasteiger charge is -2.16. The van der Waals surface area contributed by atoms with Crippen molar-refractivity contribution < 1.29 is 0 Å². The summed E-state index contributed by atoms with van der Waals surface area (Å²) in [6.45, 7) is 4.74. The minimum Gasteiger partial charge on any atom is -0.347 e. The van der Waals surface area contributed by atoms with Gasteiger partial charge >= 0.3 is 0 Å².